The van der Waals surface area contributed by atoms with Crippen molar-refractivity contribution in [2.75, 3.05) is 31.1 Å². The molecule has 4 nitrogen and oxygen atoms in total. The lowest BCUT2D eigenvalue weighted by Crippen LogP contribution is -2.49. The summed E-state index contributed by atoms with van der Waals surface area (Å²) in [5.74, 6) is -0.00963. The summed E-state index contributed by atoms with van der Waals surface area (Å²) in [7, 11) is 0. The second-order valence-corrected chi connectivity index (χ2v) is 8.43. The van der Waals surface area contributed by atoms with Crippen molar-refractivity contribution in [3.05, 3.63) is 65.5 Å². The van der Waals surface area contributed by atoms with Crippen LogP contribution in [-0.4, -0.2) is 42.8 Å². The number of nitrogens with zero attached hydrogens (tertiary/aromatic N) is 2. The van der Waals surface area contributed by atoms with Crippen LogP contribution in [0.4, 0.5) is 10.1 Å². The Morgan fingerprint density at radius 3 is 2.43 bits per heavy atom. The number of carbonyl (C=O) groups is 2. The maximum Gasteiger partial charge on any atom is 0.237 e. The van der Waals surface area contributed by atoms with E-state index in [9.17, 15) is 14.0 Å². The summed E-state index contributed by atoms with van der Waals surface area (Å²) >= 11 is 0. The fourth-order valence-electron chi connectivity index (χ4n) is 4.93. The molecule has 0 bridgehead atoms. The van der Waals surface area contributed by atoms with Crippen LogP contribution in [-0.2, 0) is 10.2 Å². The van der Waals surface area contributed by atoms with Gasteiger partial charge in [0.2, 0.25) is 5.91 Å². The molecule has 1 saturated heterocycles. The third kappa shape index (κ3) is 3.79. The summed E-state index contributed by atoms with van der Waals surface area (Å²) in [6, 6.07) is 14.0. The topological polar surface area (TPSA) is 40.6 Å². The third-order valence-corrected chi connectivity index (χ3v) is 6.57. The molecule has 2 heterocycles. The molecular weight excluding hydrogens is 379 g/mol. The standard InChI is InChI=1S/C25H29FN2O2/c1-2-15-28-22-7-4-3-6-21(22)25(24(28)30)13-17-27(18-14-25)16-5-8-23(29)19-9-11-20(26)12-10-19/h3-4,6-7,9-12H,2,5,8,13-18H2,1H3. The summed E-state index contributed by atoms with van der Waals surface area (Å²) in [4.78, 5) is 30.0. The van der Waals surface area contributed by atoms with E-state index in [0.29, 0.717) is 12.0 Å². The highest BCUT2D eigenvalue weighted by Crippen LogP contribution is 2.47. The highest BCUT2D eigenvalue weighted by Gasteiger charge is 2.51. The van der Waals surface area contributed by atoms with Crippen LogP contribution in [0.1, 0.15) is 54.9 Å². The molecule has 2 aromatic rings. The molecule has 0 aromatic heterocycles. The van der Waals surface area contributed by atoms with Crippen molar-refractivity contribution in [3.63, 3.8) is 0 Å². The Kier molecular flexibility index (Phi) is 6.00. The fraction of sp³-hybridized carbons (Fsp3) is 0.440. The number of piperidine rings is 1. The Balaban J connectivity index is 1.34. The number of benzene rings is 2. The Bertz CT molecular complexity index is 917. The van der Waals surface area contributed by atoms with Crippen molar-refractivity contribution >= 4 is 17.4 Å². The van der Waals surface area contributed by atoms with E-state index in [-0.39, 0.29) is 22.9 Å². The van der Waals surface area contributed by atoms with E-state index in [2.05, 4.69) is 24.0 Å². The fourth-order valence-corrected chi connectivity index (χ4v) is 4.93. The van der Waals surface area contributed by atoms with Crippen LogP contribution in [0.15, 0.2) is 48.5 Å². The molecule has 1 amide bonds. The van der Waals surface area contributed by atoms with Gasteiger partial charge in [0.1, 0.15) is 5.82 Å². The van der Waals surface area contributed by atoms with Gasteiger partial charge in [0.05, 0.1) is 5.41 Å². The molecular formula is C25H29FN2O2. The van der Waals surface area contributed by atoms with Gasteiger partial charge in [-0.1, -0.05) is 25.1 Å². The number of Topliss-reactive ketones (excluding diaryl/α,β-unsaturated/α-hetero) is 1. The number of likely N-dealkylation sites (tertiary alicyclic amines) is 1. The molecule has 4 rings (SSSR count). The summed E-state index contributed by atoms with van der Waals surface area (Å²) in [6.45, 7) is 5.45. The summed E-state index contributed by atoms with van der Waals surface area (Å²) in [5.41, 5.74) is 2.46. The predicted octanol–water partition coefficient (Wildman–Crippen LogP) is 4.58. The first-order valence-electron chi connectivity index (χ1n) is 11.0. The van der Waals surface area contributed by atoms with E-state index < -0.39 is 0 Å². The van der Waals surface area contributed by atoms with Gasteiger partial charge in [0.15, 0.2) is 5.78 Å². The molecule has 158 valence electrons. The van der Waals surface area contributed by atoms with Crippen LogP contribution < -0.4 is 4.90 Å². The second kappa shape index (κ2) is 8.68. The number of para-hydroxylation sites is 1. The highest BCUT2D eigenvalue weighted by molar-refractivity contribution is 6.08. The number of rotatable bonds is 7. The summed E-state index contributed by atoms with van der Waals surface area (Å²) in [6.07, 6.45) is 3.84. The van der Waals surface area contributed by atoms with Crippen LogP contribution in [0, 0.1) is 5.82 Å². The zero-order chi connectivity index (χ0) is 21.1. The van der Waals surface area contributed by atoms with E-state index in [1.807, 2.05) is 17.0 Å². The lowest BCUT2D eigenvalue weighted by Gasteiger charge is -2.38. The molecule has 0 saturated carbocycles. The normalized spacial score (nSPS) is 18.1. The zero-order valence-corrected chi connectivity index (χ0v) is 17.6. The van der Waals surface area contributed by atoms with Gasteiger partial charge in [-0.3, -0.25) is 9.59 Å². The molecule has 1 spiro atoms. The van der Waals surface area contributed by atoms with Gasteiger partial charge in [-0.05, 0) is 81.2 Å². The van der Waals surface area contributed by atoms with Gasteiger partial charge < -0.3 is 9.80 Å². The lowest BCUT2D eigenvalue weighted by atomic mass is 9.73. The molecule has 0 unspecified atom stereocenters. The van der Waals surface area contributed by atoms with Crippen molar-refractivity contribution in [1.29, 1.82) is 0 Å². The van der Waals surface area contributed by atoms with Gasteiger partial charge in [0, 0.05) is 24.2 Å². The molecule has 0 N–H and O–H groups in total. The van der Waals surface area contributed by atoms with Crippen molar-refractivity contribution in [1.82, 2.24) is 4.90 Å². The Labute approximate surface area is 177 Å². The van der Waals surface area contributed by atoms with Gasteiger partial charge in [-0.25, -0.2) is 4.39 Å². The molecule has 0 aliphatic carbocycles. The SMILES string of the molecule is CCCN1C(=O)C2(CCN(CCCC(=O)c3ccc(F)cc3)CC2)c2ccccc21. The Morgan fingerprint density at radius 2 is 1.73 bits per heavy atom. The number of anilines is 1. The first kappa shape index (κ1) is 20.7. The van der Waals surface area contributed by atoms with Crippen molar-refractivity contribution in [3.8, 4) is 0 Å². The number of hydrogen-bond donors (Lipinski definition) is 0. The Morgan fingerprint density at radius 1 is 1.03 bits per heavy atom. The average Bonchev–Trinajstić information content (AvgIpc) is 2.99. The zero-order valence-electron chi connectivity index (χ0n) is 17.6. The van der Waals surface area contributed by atoms with Crippen LogP contribution in [0.25, 0.3) is 0 Å². The minimum atomic E-state index is -0.383. The van der Waals surface area contributed by atoms with Gasteiger partial charge in [-0.15, -0.1) is 0 Å². The number of hydrogen-bond acceptors (Lipinski definition) is 3. The molecule has 5 heteroatoms. The summed E-state index contributed by atoms with van der Waals surface area (Å²) in [5, 5.41) is 0. The Hall–Kier alpha value is -2.53. The van der Waals surface area contributed by atoms with Crippen LogP contribution >= 0.6 is 0 Å². The molecule has 2 aliphatic rings. The summed E-state index contributed by atoms with van der Waals surface area (Å²) < 4.78 is 13.0. The van der Waals surface area contributed by atoms with Gasteiger partial charge >= 0.3 is 0 Å². The van der Waals surface area contributed by atoms with Crippen molar-refractivity contribution in [2.45, 2.75) is 44.4 Å². The number of fused-ring (bicyclic) bond motifs is 2. The largest absolute Gasteiger partial charge is 0.311 e. The van der Waals surface area contributed by atoms with E-state index >= 15 is 0 Å². The average molecular weight is 409 g/mol. The minimum Gasteiger partial charge on any atom is -0.311 e. The number of amides is 1. The molecule has 0 radical (unpaired) electrons. The second-order valence-electron chi connectivity index (χ2n) is 8.43. The van der Waals surface area contributed by atoms with Crippen molar-refractivity contribution < 1.29 is 14.0 Å². The molecule has 2 aromatic carbocycles. The van der Waals surface area contributed by atoms with Crippen LogP contribution in [0.3, 0.4) is 0 Å². The first-order chi connectivity index (χ1) is 14.5. The molecule has 1 fully saturated rings. The quantitative estimate of drug-likeness (QED) is 0.630. The van der Waals surface area contributed by atoms with E-state index in [0.717, 1.165) is 57.5 Å². The van der Waals surface area contributed by atoms with E-state index in [1.165, 1.54) is 17.7 Å². The number of carbonyl (C=O) groups excluding carboxylic acids is 2. The van der Waals surface area contributed by atoms with E-state index in [1.54, 1.807) is 12.1 Å². The molecule has 2 aliphatic heterocycles. The molecule has 0 atom stereocenters. The maximum absolute atomic E-state index is 13.4. The predicted molar refractivity (Wildman–Crippen MR) is 116 cm³/mol. The number of halogens is 1. The van der Waals surface area contributed by atoms with Crippen molar-refractivity contribution in [2.24, 2.45) is 0 Å². The lowest BCUT2D eigenvalue weighted by molar-refractivity contribution is -0.124. The van der Waals surface area contributed by atoms with E-state index in [4.69, 9.17) is 0 Å². The number of ketones is 1. The smallest absolute Gasteiger partial charge is 0.237 e. The van der Waals surface area contributed by atoms with Gasteiger partial charge in [-0.2, -0.15) is 0 Å². The monoisotopic (exact) mass is 408 g/mol. The third-order valence-electron chi connectivity index (χ3n) is 6.57. The first-order valence-corrected chi connectivity index (χ1v) is 11.0. The van der Waals surface area contributed by atoms with Gasteiger partial charge in [0.25, 0.3) is 0 Å². The molecule has 30 heavy (non-hydrogen) atoms. The van der Waals surface area contributed by atoms with Crippen LogP contribution in [0.2, 0.25) is 0 Å². The highest BCUT2D eigenvalue weighted by atomic mass is 19.1. The minimum absolute atomic E-state index is 0.0542. The maximum atomic E-state index is 13.4. The van der Waals surface area contributed by atoms with Crippen LogP contribution in [0.5, 0.6) is 0 Å².